The van der Waals surface area contributed by atoms with Crippen molar-refractivity contribution in [3.05, 3.63) is 64.7 Å². The van der Waals surface area contributed by atoms with Gasteiger partial charge in [0.1, 0.15) is 5.75 Å². The molecule has 2 N–H and O–H groups in total. The Balaban J connectivity index is 0.00000432. The predicted octanol–water partition coefficient (Wildman–Crippen LogP) is 7.46. The Morgan fingerprint density at radius 3 is 2.06 bits per heavy atom. The molecule has 2 unspecified atom stereocenters. The largest absolute Gasteiger partial charge is 0.507 e. The number of rotatable bonds is 7. The van der Waals surface area contributed by atoms with Crippen LogP contribution in [0.5, 0.6) is 5.75 Å². The van der Waals surface area contributed by atoms with Crippen LogP contribution in [0.4, 0.5) is 0 Å². The highest BCUT2D eigenvalue weighted by Crippen LogP contribution is 2.40. The third-order valence-electron chi connectivity index (χ3n) is 7.00. The second-order valence-corrected chi connectivity index (χ2v) is 11.9. The van der Waals surface area contributed by atoms with Gasteiger partial charge in [-0.1, -0.05) is 85.2 Å². The molecule has 192 valence electrons. The first kappa shape index (κ1) is 29.1. The van der Waals surface area contributed by atoms with Crippen molar-refractivity contribution in [2.24, 2.45) is 5.92 Å². The molecule has 0 bridgehead atoms. The van der Waals surface area contributed by atoms with Gasteiger partial charge in [-0.25, -0.2) is 0 Å². The molecule has 2 aromatic rings. The number of carbonyl (C=O) groups is 1. The Bertz CT molecular complexity index is 1000. The van der Waals surface area contributed by atoms with Crippen LogP contribution in [0, 0.1) is 11.3 Å². The lowest BCUT2D eigenvalue weighted by atomic mass is 9.78. The Hall–Kier alpha value is -2.14. The van der Waals surface area contributed by atoms with Crippen LogP contribution in [-0.4, -0.2) is 34.2 Å². The van der Waals surface area contributed by atoms with Crippen LogP contribution in [0.3, 0.4) is 0 Å². The SMILES string of the molecule is Br.CCCC1CC(Cc2ccccc2)C(=N)N1CC(=O)c1cc(C(C)(C)C)c(O)c(C(C)(C)C)c1. The second kappa shape index (κ2) is 11.3. The number of Topliss-reactive ketones (excluding diaryl/α,β-unsaturated/α-hetero) is 1. The van der Waals surface area contributed by atoms with Crippen molar-refractivity contribution >= 4 is 28.6 Å². The number of hydrogen-bond donors (Lipinski definition) is 2. The molecule has 1 aliphatic heterocycles. The number of carbonyl (C=O) groups excluding carboxylic acids is 1. The van der Waals surface area contributed by atoms with Gasteiger partial charge < -0.3 is 10.0 Å². The number of hydrogen-bond acceptors (Lipinski definition) is 3. The van der Waals surface area contributed by atoms with Crippen LogP contribution in [0.1, 0.15) is 94.8 Å². The van der Waals surface area contributed by atoms with Gasteiger partial charge in [0.15, 0.2) is 5.78 Å². The van der Waals surface area contributed by atoms with E-state index in [0.29, 0.717) is 11.4 Å². The normalized spacial score (nSPS) is 18.5. The van der Waals surface area contributed by atoms with E-state index in [2.05, 4.69) is 60.6 Å². The average molecular weight is 544 g/mol. The van der Waals surface area contributed by atoms with Gasteiger partial charge in [0.05, 0.1) is 12.4 Å². The summed E-state index contributed by atoms with van der Waals surface area (Å²) in [6.07, 6.45) is 3.77. The van der Waals surface area contributed by atoms with Crippen molar-refractivity contribution in [1.82, 2.24) is 4.90 Å². The molecule has 0 saturated carbocycles. The van der Waals surface area contributed by atoms with Crippen molar-refractivity contribution in [1.29, 1.82) is 5.41 Å². The van der Waals surface area contributed by atoms with E-state index in [1.807, 2.05) is 35.2 Å². The van der Waals surface area contributed by atoms with Gasteiger partial charge >= 0.3 is 0 Å². The summed E-state index contributed by atoms with van der Waals surface area (Å²) in [5.74, 6) is 1.03. The molecule has 0 radical (unpaired) electrons. The number of likely N-dealkylation sites (tertiary alicyclic amines) is 1. The van der Waals surface area contributed by atoms with E-state index in [4.69, 9.17) is 5.41 Å². The van der Waals surface area contributed by atoms with Crippen molar-refractivity contribution in [3.63, 3.8) is 0 Å². The summed E-state index contributed by atoms with van der Waals surface area (Å²) in [7, 11) is 0. The molecular formula is C30H43BrN2O2. The smallest absolute Gasteiger partial charge is 0.182 e. The Kier molecular flexibility index (Phi) is 9.38. The number of phenols is 1. The highest BCUT2D eigenvalue weighted by atomic mass is 79.9. The van der Waals surface area contributed by atoms with E-state index in [9.17, 15) is 9.90 Å². The molecule has 3 rings (SSSR count). The summed E-state index contributed by atoms with van der Waals surface area (Å²) in [6, 6.07) is 14.3. The minimum Gasteiger partial charge on any atom is -0.507 e. The number of nitrogens with one attached hydrogen (secondary N) is 1. The summed E-state index contributed by atoms with van der Waals surface area (Å²) in [4.78, 5) is 15.7. The molecule has 2 atom stereocenters. The predicted molar refractivity (Wildman–Crippen MR) is 152 cm³/mol. The number of halogens is 1. The highest BCUT2D eigenvalue weighted by molar-refractivity contribution is 8.93. The van der Waals surface area contributed by atoms with Crippen LogP contribution in [0.15, 0.2) is 42.5 Å². The molecule has 0 amide bonds. The van der Waals surface area contributed by atoms with E-state index in [1.165, 1.54) is 5.56 Å². The lowest BCUT2D eigenvalue weighted by molar-refractivity contribution is 0.0950. The lowest BCUT2D eigenvalue weighted by Gasteiger charge is -2.29. The zero-order chi connectivity index (χ0) is 25.3. The molecule has 4 nitrogen and oxygen atoms in total. The van der Waals surface area contributed by atoms with E-state index in [-0.39, 0.29) is 57.8 Å². The molecule has 1 fully saturated rings. The molecule has 2 aromatic carbocycles. The van der Waals surface area contributed by atoms with Gasteiger partial charge in [-0.3, -0.25) is 10.2 Å². The minimum atomic E-state index is -0.285. The van der Waals surface area contributed by atoms with E-state index < -0.39 is 0 Å². The molecule has 35 heavy (non-hydrogen) atoms. The minimum absolute atomic E-state index is 0. The molecule has 1 saturated heterocycles. The van der Waals surface area contributed by atoms with E-state index >= 15 is 0 Å². The van der Waals surface area contributed by atoms with Crippen molar-refractivity contribution in [2.75, 3.05) is 6.54 Å². The first-order valence-electron chi connectivity index (χ1n) is 12.6. The topological polar surface area (TPSA) is 64.4 Å². The molecule has 0 aliphatic carbocycles. The zero-order valence-electron chi connectivity index (χ0n) is 22.4. The molecule has 1 aliphatic rings. The van der Waals surface area contributed by atoms with Crippen LogP contribution in [0.25, 0.3) is 0 Å². The Labute approximate surface area is 222 Å². The van der Waals surface area contributed by atoms with E-state index in [0.717, 1.165) is 36.8 Å². The third-order valence-corrected chi connectivity index (χ3v) is 7.00. The summed E-state index contributed by atoms with van der Waals surface area (Å²) < 4.78 is 0. The Morgan fingerprint density at radius 2 is 1.57 bits per heavy atom. The van der Waals surface area contributed by atoms with Crippen molar-refractivity contribution in [2.45, 2.75) is 91.0 Å². The van der Waals surface area contributed by atoms with Crippen molar-refractivity contribution < 1.29 is 9.90 Å². The standard InChI is InChI=1S/C30H42N2O2.BrH/c1-8-12-23-16-22(15-20-13-10-9-11-14-20)28(31)32(23)19-26(33)21-17-24(29(2,3)4)27(34)25(18-21)30(5,6)7;/h9-11,13-14,17-18,22-23,31,34H,8,12,15-16,19H2,1-7H3;1H. The van der Waals surface area contributed by atoms with Crippen LogP contribution in [-0.2, 0) is 17.3 Å². The quantitative estimate of drug-likeness (QED) is 0.357. The number of phenolic OH excluding ortho intramolecular Hbond substituents is 1. The first-order chi connectivity index (χ1) is 15.8. The third kappa shape index (κ3) is 6.75. The monoisotopic (exact) mass is 542 g/mol. The fourth-order valence-electron chi connectivity index (χ4n) is 5.08. The summed E-state index contributed by atoms with van der Waals surface area (Å²) in [5, 5.41) is 20.0. The van der Waals surface area contributed by atoms with Crippen molar-refractivity contribution in [3.8, 4) is 5.75 Å². The average Bonchev–Trinajstić information content (AvgIpc) is 3.02. The molecule has 5 heteroatoms. The van der Waals surface area contributed by atoms with Gasteiger partial charge in [0.2, 0.25) is 0 Å². The zero-order valence-corrected chi connectivity index (χ0v) is 24.2. The highest BCUT2D eigenvalue weighted by Gasteiger charge is 2.37. The maximum Gasteiger partial charge on any atom is 0.182 e. The van der Waals surface area contributed by atoms with Crippen LogP contribution < -0.4 is 0 Å². The molecular weight excluding hydrogens is 500 g/mol. The van der Waals surface area contributed by atoms with Gasteiger partial charge in [0, 0.05) is 28.7 Å². The van der Waals surface area contributed by atoms with Gasteiger partial charge in [-0.05, 0) is 47.8 Å². The fraction of sp³-hybridized carbons (Fsp3) is 0.533. The maximum absolute atomic E-state index is 13.6. The first-order valence-corrected chi connectivity index (χ1v) is 12.6. The maximum atomic E-state index is 13.6. The number of nitrogens with zero attached hydrogens (tertiary/aromatic N) is 1. The Morgan fingerprint density at radius 1 is 1.03 bits per heavy atom. The number of amidine groups is 1. The molecule has 0 spiro atoms. The second-order valence-electron chi connectivity index (χ2n) is 11.9. The van der Waals surface area contributed by atoms with Gasteiger partial charge in [-0.2, -0.15) is 0 Å². The van der Waals surface area contributed by atoms with Gasteiger partial charge in [-0.15, -0.1) is 17.0 Å². The van der Waals surface area contributed by atoms with Crippen LogP contribution >= 0.6 is 17.0 Å². The van der Waals surface area contributed by atoms with E-state index in [1.54, 1.807) is 0 Å². The number of ketones is 1. The summed E-state index contributed by atoms with van der Waals surface area (Å²) in [5.41, 5.74) is 2.89. The lowest BCUT2D eigenvalue weighted by Crippen LogP contribution is -2.38. The molecule has 1 heterocycles. The number of aromatic hydroxyl groups is 1. The summed E-state index contributed by atoms with van der Waals surface area (Å²) in [6.45, 7) is 14.7. The summed E-state index contributed by atoms with van der Waals surface area (Å²) >= 11 is 0. The fourth-order valence-corrected chi connectivity index (χ4v) is 5.08. The van der Waals surface area contributed by atoms with Gasteiger partial charge in [0.25, 0.3) is 0 Å². The van der Waals surface area contributed by atoms with Crippen LogP contribution in [0.2, 0.25) is 0 Å². The number of benzene rings is 2. The molecule has 0 aromatic heterocycles.